The maximum Gasteiger partial charge on any atom is 0.221 e. The Hall–Kier alpha value is -5.18. The topological polar surface area (TPSA) is 955 Å². The van der Waals surface area contributed by atoms with Crippen molar-refractivity contribution in [2.75, 3.05) is 79.3 Å². The molecule has 11 aliphatic heterocycles. The molecule has 22 unspecified atom stereocenters. The average Bonchev–Trinajstić information content (AvgIpc) is 0.759. The number of nitrogens with one attached hydrogen (secondary N) is 6. The van der Waals surface area contributed by atoms with E-state index in [4.69, 9.17) is 99.5 Å². The summed E-state index contributed by atoms with van der Waals surface area (Å²) in [4.78, 5) is 78.0. The van der Waals surface area contributed by atoms with Gasteiger partial charge in [0.1, 0.15) is 268 Å². The normalized spacial score (nSPS) is 47.6. The fourth-order valence-corrected chi connectivity index (χ4v) is 18.4. The first-order valence-corrected chi connectivity index (χ1v) is 45.7. The molecule has 11 aliphatic rings. The molecule has 820 valence electrons. The molecule has 6 amide bonds. The van der Waals surface area contributed by atoms with Crippen molar-refractivity contribution in [1.82, 2.24) is 31.9 Å². The average molecular weight is 2080 g/mol. The summed E-state index contributed by atoms with van der Waals surface area (Å²) in [5, 5.41) is 342. The summed E-state index contributed by atoms with van der Waals surface area (Å²) in [7, 11) is 0. The first-order chi connectivity index (χ1) is 67.3. The van der Waals surface area contributed by atoms with Crippen molar-refractivity contribution >= 4 is 35.4 Å². The van der Waals surface area contributed by atoms with E-state index in [1.807, 2.05) is 0 Å². The number of hydrogen-bond acceptors (Lipinski definition) is 56. The molecule has 142 heavy (non-hydrogen) atoms. The van der Waals surface area contributed by atoms with Gasteiger partial charge in [0.15, 0.2) is 62.8 Å². The Labute approximate surface area is 805 Å². The Bertz CT molecular complexity index is 3950. The predicted molar refractivity (Wildman–Crippen MR) is 441 cm³/mol. The molecule has 11 saturated heterocycles. The number of carbonyl (C=O) groups excluding carboxylic acids is 6. The summed E-state index contributed by atoms with van der Waals surface area (Å²) in [6.45, 7) is -6.91. The zero-order valence-corrected chi connectivity index (χ0v) is 76.9. The molecule has 0 spiro atoms. The van der Waals surface area contributed by atoms with Crippen molar-refractivity contribution in [2.45, 2.75) is 385 Å². The lowest BCUT2D eigenvalue weighted by Crippen LogP contribution is -2.71. The molecule has 0 aromatic heterocycles. The fraction of sp³-hybridized carbons (Fsp3) is 0.925. The van der Waals surface area contributed by atoms with Gasteiger partial charge in [0.2, 0.25) is 35.4 Å². The van der Waals surface area contributed by atoms with Crippen molar-refractivity contribution in [3.05, 3.63) is 0 Å². The molecule has 11 fully saturated rings. The molecule has 35 N–H and O–H groups in total. The molecule has 55 atom stereocenters. The Morgan fingerprint density at radius 1 is 0.211 bits per heavy atom. The van der Waals surface area contributed by atoms with Crippen molar-refractivity contribution in [1.29, 1.82) is 0 Å². The number of aliphatic hydroxyl groups is 29. The first-order valence-electron chi connectivity index (χ1n) is 45.7. The minimum atomic E-state index is -2.69. The van der Waals surface area contributed by atoms with E-state index >= 15 is 0 Å². The molecule has 0 bridgehead atoms. The van der Waals surface area contributed by atoms with Crippen LogP contribution in [0, 0.1) is 0 Å². The molecule has 0 aromatic rings. The van der Waals surface area contributed by atoms with Crippen molar-refractivity contribution < 1.29 is 276 Å². The van der Waals surface area contributed by atoms with Crippen molar-refractivity contribution in [3.8, 4) is 0 Å². The minimum absolute atomic E-state index is 0.149. The zero-order chi connectivity index (χ0) is 105. The van der Waals surface area contributed by atoms with Gasteiger partial charge in [-0.1, -0.05) is 6.92 Å². The first kappa shape index (κ1) is 117. The summed E-state index contributed by atoms with van der Waals surface area (Å²) >= 11 is 0. The molecule has 0 radical (unpaired) electrons. The minimum Gasteiger partial charge on any atom is -0.394 e. The van der Waals surface area contributed by atoms with Crippen LogP contribution >= 0.6 is 0 Å². The van der Waals surface area contributed by atoms with Crippen LogP contribution in [0.15, 0.2) is 0 Å². The van der Waals surface area contributed by atoms with Crippen LogP contribution in [-0.4, -0.2) is 600 Å². The number of carbonyl (C=O) groups is 6. The highest BCUT2D eigenvalue weighted by molar-refractivity contribution is 5.77. The van der Waals surface area contributed by atoms with Gasteiger partial charge in [-0.05, 0) is 0 Å². The number of amides is 6. The lowest BCUT2D eigenvalue weighted by atomic mass is 9.92. The molecule has 0 aliphatic carbocycles. The molecule has 11 heterocycles. The molecule has 11 rings (SSSR count). The maximum absolute atomic E-state index is 13.3. The highest BCUT2D eigenvalue weighted by Crippen LogP contribution is 2.42. The highest BCUT2D eigenvalue weighted by atomic mass is 16.8. The van der Waals surface area contributed by atoms with Crippen LogP contribution in [0.5, 0.6) is 0 Å². The van der Waals surface area contributed by atoms with Crippen LogP contribution in [-0.2, 0) is 128 Å². The molecule has 62 nitrogen and oxygen atoms in total. The monoisotopic (exact) mass is 2070 g/mol. The van der Waals surface area contributed by atoms with Crippen LogP contribution in [0.1, 0.15) is 48.0 Å². The number of rotatable bonds is 39. The standard InChI is InChI=1S/C80H134N6O56/c1-7-37(101)86-71-39(82-21(3)97)50(109)64(30(13-92)125-71)135-72-40(83-22(4)98)51(110)67(33(16-95)130-72)139-78-62(121)68(140-80-70(57(116)46(105)28(11-90)129-80)142-74-42(85-24(6)100)53(112)66(32(15-94)132-74)138-77-61(120)56(115)45(104)27(10-89)128-77)48(107)36(133-78)19-123-79-69(141-73-41(84-23(5)99)52(111)65(31(14-93)131-73)137-76-60(119)55(114)44(103)26(9-88)127-76)58(117)47(106)35(134-79)18-122-17-34-38(81-20(2)96)49(108)63(29(12-91)124-34)136-75-59(118)54(113)43(102)25(8-87)126-75/h25-36,38-80,87-95,102-121H,7-19H2,1-6H3,(H,81,96)(H,82,97)(H,83,98)(H,84,99)(H,85,100)(H,86,101)/t25?,26?,27?,28-,29?,30?,31?,32?,33?,34+,35?,36?,38?,39?,40?,41?,42?,43+,44+,45+,46-,47+,48+,49-,50-,51-,52-,53-,54+,55+,56+,57?,58+,59?,60?,61?,62?,63+,64+,65+,66+,67+,68+,69?,70?,71-,72+,73+,74+,75+,76+,77+,78+,79-,80-/m1/s1. The lowest BCUT2D eigenvalue weighted by Gasteiger charge is -2.51. The van der Waals surface area contributed by atoms with Gasteiger partial charge in [-0.2, -0.15) is 0 Å². The van der Waals surface area contributed by atoms with E-state index in [2.05, 4.69) is 31.9 Å². The number of ether oxygens (including phenoxy) is 21. The molecular formula is C80H134N6O56. The summed E-state index contributed by atoms with van der Waals surface area (Å²) in [6.07, 6.45) is -106. The second-order valence-electron chi connectivity index (χ2n) is 35.9. The molecule has 0 aromatic carbocycles. The smallest absolute Gasteiger partial charge is 0.221 e. The summed E-state index contributed by atoms with van der Waals surface area (Å²) < 4.78 is 127. The third-order valence-corrected chi connectivity index (χ3v) is 25.9. The Kier molecular flexibility index (Phi) is 42.9. The number of hydrogen-bond donors (Lipinski definition) is 35. The van der Waals surface area contributed by atoms with Gasteiger partial charge < -0.3 is 279 Å². The Morgan fingerprint density at radius 2 is 0.465 bits per heavy atom. The van der Waals surface area contributed by atoms with E-state index in [9.17, 15) is 177 Å². The summed E-state index contributed by atoms with van der Waals surface area (Å²) in [5.74, 6) is -5.32. The van der Waals surface area contributed by atoms with Crippen LogP contribution in [0.3, 0.4) is 0 Å². The van der Waals surface area contributed by atoms with Gasteiger partial charge in [-0.3, -0.25) is 28.8 Å². The van der Waals surface area contributed by atoms with E-state index in [0.717, 1.165) is 34.6 Å². The van der Waals surface area contributed by atoms with Crippen LogP contribution < -0.4 is 31.9 Å². The van der Waals surface area contributed by atoms with Crippen molar-refractivity contribution in [2.24, 2.45) is 0 Å². The highest BCUT2D eigenvalue weighted by Gasteiger charge is 2.63. The second kappa shape index (κ2) is 52.0. The maximum atomic E-state index is 13.3. The molecule has 62 heteroatoms. The van der Waals surface area contributed by atoms with Crippen LogP contribution in [0.2, 0.25) is 0 Å². The van der Waals surface area contributed by atoms with Gasteiger partial charge in [-0.15, -0.1) is 0 Å². The Morgan fingerprint density at radius 3 is 0.831 bits per heavy atom. The fourth-order valence-electron chi connectivity index (χ4n) is 18.4. The summed E-state index contributed by atoms with van der Waals surface area (Å²) in [6, 6.07) is -9.33. The third-order valence-electron chi connectivity index (χ3n) is 25.9. The van der Waals surface area contributed by atoms with Gasteiger partial charge in [0.05, 0.1) is 85.3 Å². The van der Waals surface area contributed by atoms with E-state index in [1.54, 1.807) is 0 Å². The molecular weight excluding hydrogens is 1940 g/mol. The SMILES string of the molecule is CCC(=O)N[C@@H]1OC(CO)[C@H](O[C@@H]2OC(CO)[C@H](O[C@@H]3OC(CO[C@@H]4OC(COC[C@@H]5OC(CO)[C@H](O[C@@H]6OC(CO)[C@H](O)[C@H](O)C6O)[C@H](O)C5NC(C)=O)[C@H](O)[C@H](O)C4O[C@@H]4OC(CO)[C@H](O[C@@H]5OC(CO)[C@H](O)[C@H](O)C5O)[C@H](O)C4NC(C)=O)[C@H](O)[C@H](O[C@H]4O[C@H](CO)[C@@H](O)C(O)C4O[C@@H]4OC(CO)[C@H](O[C@@H]5OC(CO)[C@H](O)[C@H](O)C5O)[C@H](O)C4NC(C)=O)C3O)[C@H](O)C2NC(C)=O)[C@H](O)C1NC(C)=O. The van der Waals surface area contributed by atoms with Gasteiger partial charge in [0, 0.05) is 41.0 Å². The third kappa shape index (κ3) is 26.5. The van der Waals surface area contributed by atoms with Gasteiger partial charge in [-0.25, -0.2) is 0 Å². The van der Waals surface area contributed by atoms with E-state index < -0.39 is 452 Å². The zero-order valence-electron chi connectivity index (χ0n) is 76.9. The molecule has 0 saturated carbocycles. The van der Waals surface area contributed by atoms with Crippen molar-refractivity contribution in [3.63, 3.8) is 0 Å². The Balaban J connectivity index is 0.958. The number of aliphatic hydroxyl groups excluding tert-OH is 29. The predicted octanol–water partition coefficient (Wildman–Crippen LogP) is -23.7. The lowest BCUT2D eigenvalue weighted by molar-refractivity contribution is -0.399. The summed E-state index contributed by atoms with van der Waals surface area (Å²) in [5.41, 5.74) is 0. The van der Waals surface area contributed by atoms with Crippen LogP contribution in [0.25, 0.3) is 0 Å². The second-order valence-corrected chi connectivity index (χ2v) is 35.9. The van der Waals surface area contributed by atoms with E-state index in [-0.39, 0.29) is 6.42 Å². The van der Waals surface area contributed by atoms with E-state index in [1.165, 1.54) is 6.92 Å². The largest absolute Gasteiger partial charge is 0.394 e. The van der Waals surface area contributed by atoms with Crippen LogP contribution in [0.4, 0.5) is 0 Å². The quantitative estimate of drug-likeness (QED) is 0.0272. The van der Waals surface area contributed by atoms with Gasteiger partial charge >= 0.3 is 0 Å². The van der Waals surface area contributed by atoms with E-state index in [0.29, 0.717) is 0 Å². The van der Waals surface area contributed by atoms with Gasteiger partial charge in [0.25, 0.3) is 0 Å².